The predicted molar refractivity (Wildman–Crippen MR) is 97.2 cm³/mol. The van der Waals surface area contributed by atoms with E-state index in [1.807, 2.05) is 0 Å². The number of hydrogen-bond donors (Lipinski definition) is 0. The van der Waals surface area contributed by atoms with Gasteiger partial charge >= 0.3 is 0 Å². The van der Waals surface area contributed by atoms with Crippen molar-refractivity contribution in [2.24, 2.45) is 0 Å². The van der Waals surface area contributed by atoms with Crippen LogP contribution in [0.25, 0.3) is 10.8 Å². The molecule has 0 fully saturated rings. The van der Waals surface area contributed by atoms with Gasteiger partial charge in [0.2, 0.25) is 0 Å². The van der Waals surface area contributed by atoms with Gasteiger partial charge in [0.1, 0.15) is 8.07 Å². The second kappa shape index (κ2) is 5.23. The summed E-state index contributed by atoms with van der Waals surface area (Å²) in [6, 6.07) is 13.4. The summed E-state index contributed by atoms with van der Waals surface area (Å²) >= 11 is 0. The summed E-state index contributed by atoms with van der Waals surface area (Å²) in [7, 11) is -2.57. The molecule has 0 aromatic heterocycles. The van der Waals surface area contributed by atoms with Gasteiger partial charge in [0, 0.05) is 5.56 Å². The Labute approximate surface area is 125 Å². The third-order valence-electron chi connectivity index (χ3n) is 3.32. The van der Waals surface area contributed by atoms with Crippen molar-refractivity contribution in [1.29, 1.82) is 0 Å². The summed E-state index contributed by atoms with van der Waals surface area (Å²) in [4.78, 5) is 0. The molecule has 2 aromatic carbocycles. The SMILES string of the molecule is C[Si](C)(C)C#Cc1cccc2cc([Si](C)(C)C)ccc12. The Morgan fingerprint density at radius 2 is 1.55 bits per heavy atom. The Bertz CT molecular complexity index is 689. The lowest BCUT2D eigenvalue weighted by Gasteiger charge is -2.17. The molecule has 0 nitrogen and oxygen atoms in total. The fourth-order valence-electron chi connectivity index (χ4n) is 2.11. The Balaban J connectivity index is 2.57. The Morgan fingerprint density at radius 1 is 0.850 bits per heavy atom. The third-order valence-corrected chi connectivity index (χ3v) is 6.24. The lowest BCUT2D eigenvalue weighted by molar-refractivity contribution is 1.68. The molecule has 0 aliphatic carbocycles. The van der Waals surface area contributed by atoms with Crippen LogP contribution >= 0.6 is 0 Å². The van der Waals surface area contributed by atoms with Crippen LogP contribution in [0.4, 0.5) is 0 Å². The lowest BCUT2D eigenvalue weighted by Crippen LogP contribution is -2.37. The smallest absolute Gasteiger partial charge is 0.127 e. The standard InChI is InChI=1S/C18H24Si2/c1-19(2,3)13-12-15-8-7-9-16-14-17(20(4,5)6)10-11-18(15)16/h7-11,14H,1-6H3. The van der Waals surface area contributed by atoms with Gasteiger partial charge in [-0.15, -0.1) is 5.54 Å². The predicted octanol–water partition coefficient (Wildman–Crippen LogP) is 4.61. The van der Waals surface area contributed by atoms with Crippen LogP contribution in [-0.2, 0) is 0 Å². The van der Waals surface area contributed by atoms with E-state index in [4.69, 9.17) is 0 Å². The van der Waals surface area contributed by atoms with Crippen molar-refractivity contribution in [2.75, 3.05) is 0 Å². The maximum absolute atomic E-state index is 3.47. The normalized spacial score (nSPS) is 12.1. The van der Waals surface area contributed by atoms with Crippen molar-refractivity contribution in [3.63, 3.8) is 0 Å². The summed E-state index contributed by atoms with van der Waals surface area (Å²) in [6.07, 6.45) is 0. The zero-order valence-corrected chi connectivity index (χ0v) is 15.5. The van der Waals surface area contributed by atoms with Crippen molar-refractivity contribution < 1.29 is 0 Å². The Kier molecular flexibility index (Phi) is 3.95. The summed E-state index contributed by atoms with van der Waals surface area (Å²) in [5.41, 5.74) is 4.65. The van der Waals surface area contributed by atoms with Crippen molar-refractivity contribution in [2.45, 2.75) is 39.3 Å². The summed E-state index contributed by atoms with van der Waals surface area (Å²) < 4.78 is 0. The molecule has 0 heterocycles. The highest BCUT2D eigenvalue weighted by molar-refractivity contribution is 6.88. The first-order valence-electron chi connectivity index (χ1n) is 7.23. The minimum Gasteiger partial charge on any atom is -0.127 e. The monoisotopic (exact) mass is 296 g/mol. The maximum Gasteiger partial charge on any atom is 0.129 e. The van der Waals surface area contributed by atoms with E-state index < -0.39 is 16.1 Å². The third kappa shape index (κ3) is 3.62. The van der Waals surface area contributed by atoms with Crippen LogP contribution < -0.4 is 5.19 Å². The molecule has 2 heteroatoms. The van der Waals surface area contributed by atoms with E-state index in [0.717, 1.165) is 0 Å². The first kappa shape index (κ1) is 15.1. The van der Waals surface area contributed by atoms with Gasteiger partial charge in [-0.3, -0.25) is 0 Å². The number of hydrogen-bond acceptors (Lipinski definition) is 0. The molecule has 0 bridgehead atoms. The Hall–Kier alpha value is -1.31. The van der Waals surface area contributed by atoms with Crippen molar-refractivity contribution in [1.82, 2.24) is 0 Å². The highest BCUT2D eigenvalue weighted by atomic mass is 28.3. The molecule has 0 spiro atoms. The fourth-order valence-corrected chi connectivity index (χ4v) is 3.80. The van der Waals surface area contributed by atoms with Gasteiger partial charge in [-0.1, -0.05) is 80.7 Å². The maximum atomic E-state index is 3.47. The van der Waals surface area contributed by atoms with E-state index in [1.165, 1.54) is 21.5 Å². The van der Waals surface area contributed by atoms with E-state index in [9.17, 15) is 0 Å². The second-order valence-electron chi connectivity index (χ2n) is 7.49. The minimum absolute atomic E-state index is 1.17. The number of benzene rings is 2. The van der Waals surface area contributed by atoms with Crippen LogP contribution in [0.15, 0.2) is 36.4 Å². The molecule has 0 amide bonds. The molecule has 0 unspecified atom stereocenters. The van der Waals surface area contributed by atoms with Crippen molar-refractivity contribution in [3.05, 3.63) is 42.0 Å². The molecule has 104 valence electrons. The van der Waals surface area contributed by atoms with Crippen LogP contribution in [0.5, 0.6) is 0 Å². The topological polar surface area (TPSA) is 0 Å². The van der Waals surface area contributed by atoms with Gasteiger partial charge in [-0.25, -0.2) is 0 Å². The first-order valence-corrected chi connectivity index (χ1v) is 14.2. The first-order chi connectivity index (χ1) is 9.17. The molecule has 2 aromatic rings. The van der Waals surface area contributed by atoms with Crippen LogP contribution in [-0.4, -0.2) is 16.1 Å². The molecule has 0 N–H and O–H groups in total. The summed E-state index contributed by atoms with van der Waals surface area (Å²) in [5.74, 6) is 3.41. The number of rotatable bonds is 1. The number of fused-ring (bicyclic) bond motifs is 1. The van der Waals surface area contributed by atoms with Gasteiger partial charge in [-0.2, -0.15) is 0 Å². The van der Waals surface area contributed by atoms with Gasteiger partial charge in [0.05, 0.1) is 8.07 Å². The molecule has 0 aliphatic rings. The average molecular weight is 297 g/mol. The highest BCUT2D eigenvalue weighted by Gasteiger charge is 2.16. The van der Waals surface area contributed by atoms with Crippen molar-refractivity contribution in [3.8, 4) is 11.5 Å². The molecule has 0 atom stereocenters. The molecule has 20 heavy (non-hydrogen) atoms. The summed E-state index contributed by atoms with van der Waals surface area (Å²) in [6.45, 7) is 14.0. The minimum atomic E-state index is -1.32. The quantitative estimate of drug-likeness (QED) is 0.532. The lowest BCUT2D eigenvalue weighted by atomic mass is 10.1. The zero-order chi connectivity index (χ0) is 15.0. The van der Waals surface area contributed by atoms with Crippen LogP contribution in [0, 0.1) is 11.5 Å². The molecule has 2 rings (SSSR count). The molecule has 0 radical (unpaired) electrons. The van der Waals surface area contributed by atoms with E-state index in [0.29, 0.717) is 0 Å². The van der Waals surface area contributed by atoms with E-state index in [1.54, 1.807) is 0 Å². The molecular formula is C18H24Si2. The molecule has 0 saturated heterocycles. The second-order valence-corrected chi connectivity index (χ2v) is 17.3. The van der Waals surface area contributed by atoms with Crippen LogP contribution in [0.1, 0.15) is 5.56 Å². The van der Waals surface area contributed by atoms with E-state index >= 15 is 0 Å². The van der Waals surface area contributed by atoms with Gasteiger partial charge in [0.15, 0.2) is 0 Å². The van der Waals surface area contributed by atoms with Crippen LogP contribution in [0.2, 0.25) is 39.3 Å². The summed E-state index contributed by atoms with van der Waals surface area (Å²) in [5, 5.41) is 4.13. The zero-order valence-electron chi connectivity index (χ0n) is 13.5. The van der Waals surface area contributed by atoms with E-state index in [2.05, 4.69) is 87.1 Å². The molecule has 0 aliphatic heterocycles. The Morgan fingerprint density at radius 3 is 2.15 bits per heavy atom. The molecular weight excluding hydrogens is 272 g/mol. The molecule has 0 saturated carbocycles. The van der Waals surface area contributed by atoms with E-state index in [-0.39, 0.29) is 0 Å². The van der Waals surface area contributed by atoms with Crippen molar-refractivity contribution >= 4 is 32.1 Å². The van der Waals surface area contributed by atoms with Gasteiger partial charge in [-0.05, 0) is 16.8 Å². The average Bonchev–Trinajstić information content (AvgIpc) is 2.33. The van der Waals surface area contributed by atoms with Crippen LogP contribution in [0.3, 0.4) is 0 Å². The fraction of sp³-hybridized carbons (Fsp3) is 0.333. The van der Waals surface area contributed by atoms with Gasteiger partial charge < -0.3 is 0 Å². The highest BCUT2D eigenvalue weighted by Crippen LogP contribution is 2.18. The van der Waals surface area contributed by atoms with Gasteiger partial charge in [0.25, 0.3) is 0 Å². The largest absolute Gasteiger partial charge is 0.129 e.